The lowest BCUT2D eigenvalue weighted by atomic mass is 10.1. The zero-order valence-electron chi connectivity index (χ0n) is 10.6. The number of carbonyl (C=O) groups is 4. The lowest BCUT2D eigenvalue weighted by Gasteiger charge is -2.08. The van der Waals surface area contributed by atoms with Crippen LogP contribution in [0.5, 0.6) is 0 Å². The molecule has 0 aliphatic carbocycles. The average Bonchev–Trinajstić information content (AvgIpc) is 2.66. The molecule has 0 unspecified atom stereocenters. The Kier molecular flexibility index (Phi) is 4.08. The number of nitrogens with two attached hydrogens (primary N) is 1. The van der Waals surface area contributed by atoms with Crippen LogP contribution >= 0.6 is 11.8 Å². The third kappa shape index (κ3) is 3.11. The van der Waals surface area contributed by atoms with E-state index >= 15 is 0 Å². The molecule has 3 amide bonds. The van der Waals surface area contributed by atoms with Crippen LogP contribution in [0.2, 0.25) is 0 Å². The summed E-state index contributed by atoms with van der Waals surface area (Å²) < 4.78 is 0. The molecule has 0 atom stereocenters. The van der Waals surface area contributed by atoms with Crippen LogP contribution in [0.4, 0.5) is 4.79 Å². The minimum atomic E-state index is -1.14. The molecular formula is C13H10N2O5S. The largest absolute Gasteiger partial charge is 0.478 e. The Bertz CT molecular complexity index is 683. The van der Waals surface area contributed by atoms with Crippen molar-refractivity contribution in [2.45, 2.75) is 0 Å². The Labute approximate surface area is 123 Å². The molecule has 1 aliphatic heterocycles. The van der Waals surface area contributed by atoms with E-state index in [1.807, 2.05) is 0 Å². The summed E-state index contributed by atoms with van der Waals surface area (Å²) in [4.78, 5) is 46.3. The van der Waals surface area contributed by atoms with E-state index in [1.165, 1.54) is 18.2 Å². The van der Waals surface area contributed by atoms with Gasteiger partial charge in [-0.2, -0.15) is 0 Å². The molecule has 8 heteroatoms. The molecule has 1 aromatic carbocycles. The number of benzene rings is 1. The number of hydrogen-bond acceptors (Lipinski definition) is 5. The Balaban J connectivity index is 2.35. The first-order valence-corrected chi connectivity index (χ1v) is 6.58. The fourth-order valence-corrected chi connectivity index (χ4v) is 2.58. The molecule has 3 N–H and O–H groups in total. The first-order chi connectivity index (χ1) is 9.90. The Morgan fingerprint density at radius 2 is 1.95 bits per heavy atom. The molecule has 108 valence electrons. The Hall–Kier alpha value is -2.61. The summed E-state index contributed by atoms with van der Waals surface area (Å²) >= 11 is 0.637. The van der Waals surface area contributed by atoms with Gasteiger partial charge in [-0.1, -0.05) is 18.2 Å². The summed E-state index contributed by atoms with van der Waals surface area (Å²) in [6.45, 7) is -0.497. The number of aromatic carboxylic acids is 1. The minimum absolute atomic E-state index is 0.0131. The second-order valence-corrected chi connectivity index (χ2v) is 5.12. The van der Waals surface area contributed by atoms with Crippen LogP contribution in [0.15, 0.2) is 29.2 Å². The summed E-state index contributed by atoms with van der Waals surface area (Å²) in [5, 5.41) is 8.46. The van der Waals surface area contributed by atoms with E-state index in [1.54, 1.807) is 12.1 Å². The maximum absolute atomic E-state index is 12.0. The number of rotatable bonds is 4. The summed E-state index contributed by atoms with van der Waals surface area (Å²) in [5.41, 5.74) is 5.28. The van der Waals surface area contributed by atoms with E-state index in [4.69, 9.17) is 10.8 Å². The smallest absolute Gasteiger partial charge is 0.336 e. The monoisotopic (exact) mass is 306 g/mol. The van der Waals surface area contributed by atoms with Gasteiger partial charge in [-0.25, -0.2) is 4.79 Å². The maximum Gasteiger partial charge on any atom is 0.336 e. The lowest BCUT2D eigenvalue weighted by Crippen LogP contribution is -2.36. The molecule has 1 saturated heterocycles. The van der Waals surface area contributed by atoms with E-state index in [0.29, 0.717) is 17.3 Å². The number of imide groups is 1. The van der Waals surface area contributed by atoms with Crippen LogP contribution in [0, 0.1) is 0 Å². The highest BCUT2D eigenvalue weighted by molar-refractivity contribution is 8.18. The molecule has 0 aromatic heterocycles. The van der Waals surface area contributed by atoms with Gasteiger partial charge in [0.05, 0.1) is 10.5 Å². The number of thioether (sulfide) groups is 1. The van der Waals surface area contributed by atoms with Gasteiger partial charge in [0.15, 0.2) is 0 Å². The number of carboxylic acids is 1. The van der Waals surface area contributed by atoms with Gasteiger partial charge in [0, 0.05) is 0 Å². The first kappa shape index (κ1) is 14.8. The molecular weight excluding hydrogens is 296 g/mol. The van der Waals surface area contributed by atoms with Gasteiger partial charge in [-0.05, 0) is 29.5 Å². The van der Waals surface area contributed by atoms with Crippen LogP contribution in [-0.2, 0) is 9.59 Å². The summed E-state index contributed by atoms with van der Waals surface area (Å²) in [6, 6.07) is 6.08. The topological polar surface area (TPSA) is 118 Å². The van der Waals surface area contributed by atoms with Gasteiger partial charge in [0.1, 0.15) is 6.54 Å². The molecule has 1 fully saturated rings. The number of carbonyl (C=O) groups excluding carboxylic acids is 3. The highest BCUT2D eigenvalue weighted by Gasteiger charge is 2.36. The lowest BCUT2D eigenvalue weighted by molar-refractivity contribution is -0.127. The third-order valence-corrected chi connectivity index (χ3v) is 3.57. The van der Waals surface area contributed by atoms with Crippen molar-refractivity contribution < 1.29 is 24.3 Å². The van der Waals surface area contributed by atoms with Crippen LogP contribution < -0.4 is 5.73 Å². The molecule has 0 saturated carbocycles. The van der Waals surface area contributed by atoms with Crippen molar-refractivity contribution in [3.63, 3.8) is 0 Å². The Morgan fingerprint density at radius 3 is 2.57 bits per heavy atom. The van der Waals surface area contributed by atoms with Crippen molar-refractivity contribution in [2.24, 2.45) is 5.73 Å². The van der Waals surface area contributed by atoms with E-state index in [2.05, 4.69) is 0 Å². The van der Waals surface area contributed by atoms with Gasteiger partial charge in [-0.15, -0.1) is 0 Å². The van der Waals surface area contributed by atoms with Gasteiger partial charge >= 0.3 is 5.97 Å². The van der Waals surface area contributed by atoms with Crippen LogP contribution in [0.25, 0.3) is 6.08 Å². The van der Waals surface area contributed by atoms with Gasteiger partial charge < -0.3 is 10.8 Å². The van der Waals surface area contributed by atoms with E-state index in [9.17, 15) is 19.2 Å². The van der Waals surface area contributed by atoms with Gasteiger partial charge in [-0.3, -0.25) is 19.3 Å². The number of amides is 3. The van der Waals surface area contributed by atoms with Crippen LogP contribution in [0.3, 0.4) is 0 Å². The number of carboxylic acid groups (broad SMARTS) is 1. The highest BCUT2D eigenvalue weighted by atomic mass is 32.2. The zero-order valence-corrected chi connectivity index (χ0v) is 11.4. The molecule has 2 rings (SSSR count). The Morgan fingerprint density at radius 1 is 1.29 bits per heavy atom. The maximum atomic E-state index is 12.0. The predicted molar refractivity (Wildman–Crippen MR) is 75.3 cm³/mol. The molecule has 0 bridgehead atoms. The van der Waals surface area contributed by atoms with E-state index < -0.39 is 29.6 Å². The van der Waals surface area contributed by atoms with Gasteiger partial charge in [0.25, 0.3) is 11.1 Å². The molecule has 0 spiro atoms. The minimum Gasteiger partial charge on any atom is -0.478 e. The normalized spacial score (nSPS) is 16.6. The van der Waals surface area contributed by atoms with Crippen molar-refractivity contribution in [3.8, 4) is 0 Å². The van der Waals surface area contributed by atoms with Gasteiger partial charge in [0.2, 0.25) is 5.91 Å². The summed E-state index contributed by atoms with van der Waals surface area (Å²) in [7, 11) is 0. The SMILES string of the molecule is NC(=O)CN1C(=O)S/C(=C\c2ccccc2C(=O)O)C1=O. The molecule has 1 aliphatic rings. The van der Waals surface area contributed by atoms with Crippen molar-refractivity contribution in [1.82, 2.24) is 4.90 Å². The molecule has 1 aromatic rings. The second kappa shape index (κ2) is 5.80. The van der Waals surface area contributed by atoms with Crippen LogP contribution in [-0.4, -0.2) is 39.6 Å². The average molecular weight is 306 g/mol. The number of hydrogen-bond donors (Lipinski definition) is 2. The highest BCUT2D eigenvalue weighted by Crippen LogP contribution is 2.32. The van der Waals surface area contributed by atoms with Crippen LogP contribution in [0.1, 0.15) is 15.9 Å². The zero-order chi connectivity index (χ0) is 15.6. The summed E-state index contributed by atoms with van der Waals surface area (Å²) in [5.74, 6) is -2.60. The quantitative estimate of drug-likeness (QED) is 0.798. The number of primary amides is 1. The standard InChI is InChI=1S/C13H10N2O5S/c14-10(16)6-15-11(17)9(21-13(15)20)5-7-3-1-2-4-8(7)12(18)19/h1-5H,6H2,(H2,14,16)(H,18,19)/b9-5-. The molecule has 1 heterocycles. The van der Waals surface area contributed by atoms with E-state index in [-0.39, 0.29) is 10.5 Å². The van der Waals surface area contributed by atoms with Crippen molar-refractivity contribution >= 4 is 40.9 Å². The molecule has 0 radical (unpaired) electrons. The second-order valence-electron chi connectivity index (χ2n) is 4.13. The first-order valence-electron chi connectivity index (χ1n) is 5.76. The van der Waals surface area contributed by atoms with Crippen molar-refractivity contribution in [1.29, 1.82) is 0 Å². The predicted octanol–water partition coefficient (Wildman–Crippen LogP) is 0.906. The molecule has 21 heavy (non-hydrogen) atoms. The third-order valence-electron chi connectivity index (χ3n) is 2.67. The fourth-order valence-electron chi connectivity index (χ4n) is 1.75. The number of nitrogens with zero attached hydrogens (tertiary/aromatic N) is 1. The summed E-state index contributed by atoms with van der Waals surface area (Å²) in [6.07, 6.45) is 1.31. The molecule has 7 nitrogen and oxygen atoms in total. The van der Waals surface area contributed by atoms with Crippen molar-refractivity contribution in [2.75, 3.05) is 6.54 Å². The fraction of sp³-hybridized carbons (Fsp3) is 0.0769. The van der Waals surface area contributed by atoms with Crippen molar-refractivity contribution in [3.05, 3.63) is 40.3 Å². The van der Waals surface area contributed by atoms with E-state index in [0.717, 1.165) is 4.90 Å².